The van der Waals surface area contributed by atoms with Gasteiger partial charge in [0.05, 0.1) is 12.1 Å². The minimum absolute atomic E-state index is 0.350. The Balaban J connectivity index is 2.33. The molecule has 0 aromatic carbocycles. The number of aliphatic hydroxyl groups excluding tert-OH is 1. The van der Waals surface area contributed by atoms with Crippen LogP contribution in [0.3, 0.4) is 0 Å². The Morgan fingerprint density at radius 2 is 2.30 bits per heavy atom. The van der Waals surface area contributed by atoms with Crippen LogP contribution in [0.5, 0.6) is 0 Å². The molecule has 1 rings (SSSR count). The van der Waals surface area contributed by atoms with Crippen molar-refractivity contribution in [3.8, 4) is 0 Å². The van der Waals surface area contributed by atoms with E-state index in [-0.39, 0.29) is 6.04 Å². The minimum atomic E-state index is -1.09. The largest absolute Gasteiger partial charge is 0.465 e. The number of hydrogen-bond acceptors (Lipinski definition) is 3. The summed E-state index contributed by atoms with van der Waals surface area (Å²) in [5, 5.41) is 22.3. The monoisotopic (exact) mass is 146 g/mol. The number of hydrogen-bond donors (Lipinski definition) is 4. The molecule has 0 unspecified atom stereocenters. The van der Waals surface area contributed by atoms with Crippen molar-refractivity contribution in [2.45, 2.75) is 12.1 Å². The second-order valence-corrected chi connectivity index (χ2v) is 2.28. The van der Waals surface area contributed by atoms with Gasteiger partial charge in [-0.25, -0.2) is 4.79 Å². The van der Waals surface area contributed by atoms with E-state index in [4.69, 9.17) is 10.2 Å². The Morgan fingerprint density at radius 3 is 2.70 bits per heavy atom. The molecule has 2 atom stereocenters. The van der Waals surface area contributed by atoms with Gasteiger partial charge < -0.3 is 20.8 Å². The number of rotatable bonds is 1. The third-order valence-corrected chi connectivity index (χ3v) is 1.49. The van der Waals surface area contributed by atoms with E-state index < -0.39 is 12.2 Å². The van der Waals surface area contributed by atoms with Crippen molar-refractivity contribution in [2.24, 2.45) is 0 Å². The van der Waals surface area contributed by atoms with Crippen LogP contribution in [0.1, 0.15) is 0 Å². The first-order chi connectivity index (χ1) is 4.70. The van der Waals surface area contributed by atoms with Crippen LogP contribution >= 0.6 is 0 Å². The smallest absolute Gasteiger partial charge is 0.405 e. The van der Waals surface area contributed by atoms with Gasteiger partial charge in [-0.3, -0.25) is 0 Å². The van der Waals surface area contributed by atoms with Crippen LogP contribution in [0.15, 0.2) is 0 Å². The summed E-state index contributed by atoms with van der Waals surface area (Å²) in [6.07, 6.45) is -1.68. The second kappa shape index (κ2) is 2.85. The normalized spacial score (nSPS) is 32.1. The van der Waals surface area contributed by atoms with Gasteiger partial charge in [0.1, 0.15) is 0 Å². The second-order valence-electron chi connectivity index (χ2n) is 2.28. The summed E-state index contributed by atoms with van der Waals surface area (Å²) in [7, 11) is 0. The van der Waals surface area contributed by atoms with Gasteiger partial charge in [-0.05, 0) is 0 Å². The van der Waals surface area contributed by atoms with Crippen molar-refractivity contribution in [3.63, 3.8) is 0 Å². The molecule has 1 amide bonds. The predicted molar refractivity (Wildman–Crippen MR) is 33.8 cm³/mol. The Morgan fingerprint density at radius 1 is 1.60 bits per heavy atom. The molecule has 0 aromatic heterocycles. The molecule has 10 heavy (non-hydrogen) atoms. The molecule has 1 heterocycles. The number of aliphatic hydroxyl groups is 1. The Bertz CT molecular complexity index is 139. The molecular formula is C5H10N2O3. The molecule has 0 radical (unpaired) electrons. The molecule has 0 bridgehead atoms. The molecule has 0 spiro atoms. The van der Waals surface area contributed by atoms with E-state index in [2.05, 4.69) is 10.6 Å². The number of amides is 1. The zero-order valence-electron chi connectivity index (χ0n) is 5.37. The van der Waals surface area contributed by atoms with Gasteiger partial charge in [0.25, 0.3) is 0 Å². The lowest BCUT2D eigenvalue weighted by Gasteiger charge is -2.11. The first kappa shape index (κ1) is 7.30. The summed E-state index contributed by atoms with van der Waals surface area (Å²) >= 11 is 0. The van der Waals surface area contributed by atoms with Crippen molar-refractivity contribution < 1.29 is 15.0 Å². The summed E-state index contributed by atoms with van der Waals surface area (Å²) in [6.45, 7) is 0.971. The number of carbonyl (C=O) groups is 1. The van der Waals surface area contributed by atoms with Gasteiger partial charge in [0.15, 0.2) is 0 Å². The van der Waals surface area contributed by atoms with Crippen LogP contribution in [0.25, 0.3) is 0 Å². The molecule has 0 aromatic rings. The van der Waals surface area contributed by atoms with E-state index in [0.29, 0.717) is 13.1 Å². The quantitative estimate of drug-likeness (QED) is 0.366. The molecule has 58 valence electrons. The number of β-amino-alcohol motifs (C(OH)–C–C–N with tert-alkyl or cyclic N) is 1. The average Bonchev–Trinajstić information content (AvgIpc) is 2.15. The lowest BCUT2D eigenvalue weighted by Crippen LogP contribution is -2.41. The zero-order valence-corrected chi connectivity index (χ0v) is 5.37. The van der Waals surface area contributed by atoms with Gasteiger partial charge in [0.2, 0.25) is 0 Å². The lowest BCUT2D eigenvalue weighted by atomic mass is 10.2. The Labute approximate surface area is 58.0 Å². The van der Waals surface area contributed by atoms with Crippen LogP contribution in [-0.4, -0.2) is 41.5 Å². The molecule has 1 aliphatic rings. The van der Waals surface area contributed by atoms with E-state index in [0.717, 1.165) is 0 Å². The summed E-state index contributed by atoms with van der Waals surface area (Å²) in [4.78, 5) is 10.1. The fourth-order valence-corrected chi connectivity index (χ4v) is 0.971. The van der Waals surface area contributed by atoms with Gasteiger partial charge in [-0.2, -0.15) is 0 Å². The molecule has 4 N–H and O–H groups in total. The molecule has 5 heteroatoms. The van der Waals surface area contributed by atoms with E-state index in [1.807, 2.05) is 0 Å². The van der Waals surface area contributed by atoms with Crippen LogP contribution in [-0.2, 0) is 0 Å². The number of nitrogens with one attached hydrogen (secondary N) is 2. The molecule has 1 saturated heterocycles. The van der Waals surface area contributed by atoms with Gasteiger partial charge in [-0.1, -0.05) is 0 Å². The van der Waals surface area contributed by atoms with Crippen molar-refractivity contribution in [1.82, 2.24) is 10.6 Å². The van der Waals surface area contributed by atoms with E-state index in [1.54, 1.807) is 0 Å². The molecule has 0 saturated carbocycles. The summed E-state index contributed by atoms with van der Waals surface area (Å²) < 4.78 is 0. The van der Waals surface area contributed by atoms with Crippen LogP contribution in [0.4, 0.5) is 4.79 Å². The maximum Gasteiger partial charge on any atom is 0.405 e. The van der Waals surface area contributed by atoms with Crippen LogP contribution in [0.2, 0.25) is 0 Å². The molecule has 0 aliphatic carbocycles. The average molecular weight is 146 g/mol. The van der Waals surface area contributed by atoms with Crippen molar-refractivity contribution in [1.29, 1.82) is 0 Å². The fraction of sp³-hybridized carbons (Fsp3) is 0.800. The Hall–Kier alpha value is -0.810. The maximum absolute atomic E-state index is 10.1. The highest BCUT2D eigenvalue weighted by Gasteiger charge is 2.25. The van der Waals surface area contributed by atoms with E-state index in [9.17, 15) is 4.79 Å². The van der Waals surface area contributed by atoms with Crippen molar-refractivity contribution >= 4 is 6.09 Å². The Kier molecular flexibility index (Phi) is 2.08. The van der Waals surface area contributed by atoms with E-state index >= 15 is 0 Å². The first-order valence-corrected chi connectivity index (χ1v) is 3.08. The van der Waals surface area contributed by atoms with Crippen LogP contribution < -0.4 is 10.6 Å². The third-order valence-electron chi connectivity index (χ3n) is 1.49. The van der Waals surface area contributed by atoms with Gasteiger partial charge >= 0.3 is 6.09 Å². The van der Waals surface area contributed by atoms with Crippen LogP contribution in [0, 0.1) is 0 Å². The van der Waals surface area contributed by atoms with Crippen molar-refractivity contribution in [2.75, 3.05) is 13.1 Å². The topological polar surface area (TPSA) is 81.6 Å². The summed E-state index contributed by atoms with van der Waals surface area (Å²) in [5.41, 5.74) is 0. The number of carboxylic acid groups (broad SMARTS) is 1. The SMILES string of the molecule is O=C(O)N[C@@H]1CNC[C@@H]1O. The lowest BCUT2D eigenvalue weighted by molar-refractivity contribution is 0.148. The predicted octanol–water partition coefficient (Wildman–Crippen LogP) is -1.41. The molecule has 1 fully saturated rings. The summed E-state index contributed by atoms with van der Waals surface area (Å²) in [6, 6.07) is -0.350. The minimum Gasteiger partial charge on any atom is -0.465 e. The standard InChI is InChI=1S/C5H10N2O3/c8-4-2-6-1-3(4)7-5(9)10/h3-4,6-8H,1-2H2,(H,9,10)/t3-,4+/m1/s1. The first-order valence-electron chi connectivity index (χ1n) is 3.08. The maximum atomic E-state index is 10.1. The highest BCUT2D eigenvalue weighted by Crippen LogP contribution is 1.97. The zero-order chi connectivity index (χ0) is 7.56. The highest BCUT2D eigenvalue weighted by molar-refractivity contribution is 5.65. The fourth-order valence-electron chi connectivity index (χ4n) is 0.971. The molecule has 5 nitrogen and oxygen atoms in total. The van der Waals surface area contributed by atoms with Gasteiger partial charge in [-0.15, -0.1) is 0 Å². The van der Waals surface area contributed by atoms with Crippen molar-refractivity contribution in [3.05, 3.63) is 0 Å². The molecular weight excluding hydrogens is 136 g/mol. The van der Waals surface area contributed by atoms with Gasteiger partial charge in [0, 0.05) is 13.1 Å². The van der Waals surface area contributed by atoms with E-state index in [1.165, 1.54) is 0 Å². The molecule has 1 aliphatic heterocycles. The highest BCUT2D eigenvalue weighted by atomic mass is 16.4. The summed E-state index contributed by atoms with van der Waals surface area (Å²) in [5.74, 6) is 0. The third kappa shape index (κ3) is 1.58.